The first-order valence-electron chi connectivity index (χ1n) is 11.9. The number of halogens is 1. The molecule has 0 spiro atoms. The van der Waals surface area contributed by atoms with E-state index in [-0.39, 0.29) is 5.82 Å². The summed E-state index contributed by atoms with van der Waals surface area (Å²) >= 11 is -2.79. The normalized spacial score (nSPS) is 11.7. The Morgan fingerprint density at radius 2 is 1.30 bits per heavy atom. The molecule has 1 nitrogen and oxygen atoms in total. The van der Waals surface area contributed by atoms with Crippen LogP contribution in [0.15, 0.2) is 30.3 Å². The Kier molecular flexibility index (Phi) is 10.2. The van der Waals surface area contributed by atoms with E-state index in [4.69, 9.17) is 4.74 Å². The summed E-state index contributed by atoms with van der Waals surface area (Å²) in [6, 6.07) is 9.72. The van der Waals surface area contributed by atoms with Crippen molar-refractivity contribution in [3.05, 3.63) is 47.3 Å². The van der Waals surface area contributed by atoms with Gasteiger partial charge in [0, 0.05) is 0 Å². The van der Waals surface area contributed by atoms with Crippen LogP contribution in [-0.2, 0) is 0 Å². The van der Waals surface area contributed by atoms with Gasteiger partial charge < -0.3 is 0 Å². The van der Waals surface area contributed by atoms with Gasteiger partial charge in [-0.05, 0) is 0 Å². The van der Waals surface area contributed by atoms with Gasteiger partial charge >= 0.3 is 189 Å². The average molecular weight is 519 g/mol. The second kappa shape index (κ2) is 12.1. The second-order valence-electron chi connectivity index (χ2n) is 8.86. The average Bonchev–Trinajstić information content (AvgIpc) is 2.75. The summed E-state index contributed by atoms with van der Waals surface area (Å²) in [5.41, 5.74) is 4.40. The van der Waals surface area contributed by atoms with Crippen LogP contribution in [-0.4, -0.2) is 25.5 Å². The van der Waals surface area contributed by atoms with Crippen LogP contribution in [0.5, 0.6) is 5.75 Å². The predicted molar refractivity (Wildman–Crippen MR) is 132 cm³/mol. The first kappa shape index (κ1) is 25.2. The minimum atomic E-state index is -2.79. The number of unbranched alkanes of at least 4 members (excludes halogenated alkanes) is 3. The molecular formula is C27H41FOSn. The van der Waals surface area contributed by atoms with E-state index in [1.54, 1.807) is 22.8 Å². The fourth-order valence-corrected chi connectivity index (χ4v) is 23.2. The quantitative estimate of drug-likeness (QED) is 0.257. The Morgan fingerprint density at radius 1 is 0.767 bits per heavy atom. The summed E-state index contributed by atoms with van der Waals surface area (Å²) in [7, 11) is 1.66. The van der Waals surface area contributed by atoms with Gasteiger partial charge in [-0.3, -0.25) is 0 Å². The van der Waals surface area contributed by atoms with Gasteiger partial charge in [0.15, 0.2) is 0 Å². The summed E-state index contributed by atoms with van der Waals surface area (Å²) in [6.07, 6.45) is 7.60. The van der Waals surface area contributed by atoms with Crippen LogP contribution in [0.25, 0.3) is 11.1 Å². The van der Waals surface area contributed by atoms with Gasteiger partial charge in [0.25, 0.3) is 0 Å². The van der Waals surface area contributed by atoms with Crippen LogP contribution in [0, 0.1) is 19.7 Å². The number of rotatable bonds is 12. The number of aryl methyl sites for hydroxylation is 2. The van der Waals surface area contributed by atoms with Crippen molar-refractivity contribution < 1.29 is 9.13 Å². The molecule has 0 aliphatic rings. The molecule has 0 bridgehead atoms. The van der Waals surface area contributed by atoms with E-state index >= 15 is 4.39 Å². The summed E-state index contributed by atoms with van der Waals surface area (Å²) in [5.74, 6) is 0.498. The molecule has 0 saturated carbocycles. The predicted octanol–water partition coefficient (Wildman–Crippen LogP) is 8.17. The van der Waals surface area contributed by atoms with Gasteiger partial charge in [0.1, 0.15) is 0 Å². The Hall–Kier alpha value is -1.03. The first-order valence-corrected chi connectivity index (χ1v) is 19.4. The molecule has 0 unspecified atom stereocenters. The fraction of sp³-hybridized carbons (Fsp3) is 0.556. The molecule has 0 N–H and O–H groups in total. The zero-order valence-corrected chi connectivity index (χ0v) is 22.9. The van der Waals surface area contributed by atoms with Gasteiger partial charge in [-0.25, -0.2) is 0 Å². The monoisotopic (exact) mass is 520 g/mol. The molecular weight excluding hydrogens is 478 g/mol. The van der Waals surface area contributed by atoms with E-state index in [1.807, 2.05) is 6.07 Å². The molecule has 3 heteroatoms. The van der Waals surface area contributed by atoms with Crippen molar-refractivity contribution in [3.8, 4) is 16.9 Å². The van der Waals surface area contributed by atoms with Gasteiger partial charge in [-0.2, -0.15) is 0 Å². The number of ether oxygens (including phenoxy) is 1. The zero-order valence-electron chi connectivity index (χ0n) is 20.0. The molecule has 0 radical (unpaired) electrons. The summed E-state index contributed by atoms with van der Waals surface area (Å²) in [6.45, 7) is 11.3. The summed E-state index contributed by atoms with van der Waals surface area (Å²) in [5, 5.41) is 0. The Bertz CT molecular complexity index is 793. The van der Waals surface area contributed by atoms with Gasteiger partial charge in [-0.1, -0.05) is 0 Å². The maximum atomic E-state index is 15.3. The van der Waals surface area contributed by atoms with Crippen molar-refractivity contribution in [1.82, 2.24) is 0 Å². The molecule has 2 rings (SSSR count). The molecule has 166 valence electrons. The molecule has 0 aromatic heterocycles. The molecule has 2 aromatic carbocycles. The molecule has 0 heterocycles. The standard InChI is InChI=1S/C15H14FO.3C4H9.Sn/c1-10-7-8-11(2)12(9-10)15-13(16)5-4-6-14(15)17-3;3*1-3-4-2;/h4-8H,1-3H3;3*1,3-4H2,2H3;. The van der Waals surface area contributed by atoms with Gasteiger partial charge in [-0.15, -0.1) is 0 Å². The van der Waals surface area contributed by atoms with Crippen LogP contribution in [0.4, 0.5) is 4.39 Å². The van der Waals surface area contributed by atoms with Crippen molar-refractivity contribution in [2.75, 3.05) is 7.11 Å². The molecule has 2 aromatic rings. The number of methoxy groups -OCH3 is 1. The maximum absolute atomic E-state index is 15.3. The Labute approximate surface area is 188 Å². The van der Waals surface area contributed by atoms with E-state index < -0.39 is 18.4 Å². The third kappa shape index (κ3) is 5.60. The summed E-state index contributed by atoms with van der Waals surface area (Å²) in [4.78, 5) is 0. The van der Waals surface area contributed by atoms with Crippen LogP contribution < -0.4 is 8.32 Å². The third-order valence-electron chi connectivity index (χ3n) is 6.62. The Balaban J connectivity index is 2.86. The van der Waals surface area contributed by atoms with Gasteiger partial charge in [0.05, 0.1) is 0 Å². The third-order valence-corrected chi connectivity index (χ3v) is 22.7. The van der Waals surface area contributed by atoms with Crippen LogP contribution in [0.3, 0.4) is 0 Å². The van der Waals surface area contributed by atoms with E-state index in [0.717, 1.165) is 5.56 Å². The van der Waals surface area contributed by atoms with E-state index in [0.29, 0.717) is 11.3 Å². The molecule has 0 aliphatic carbocycles. The molecule has 0 aliphatic heterocycles. The van der Waals surface area contributed by atoms with Crippen molar-refractivity contribution >= 4 is 22.0 Å². The van der Waals surface area contributed by atoms with E-state index in [1.165, 1.54) is 63.0 Å². The fourth-order valence-electron chi connectivity index (χ4n) is 5.03. The SMILES string of the molecule is CCC[CH2][Sn]([CH2]CCC)([CH2]CCC)[c]1c(C)ccc(C)c1-c1c(F)cccc1OC. The van der Waals surface area contributed by atoms with Crippen molar-refractivity contribution in [2.45, 2.75) is 86.5 Å². The summed E-state index contributed by atoms with van der Waals surface area (Å²) < 4.78 is 26.7. The molecule has 30 heavy (non-hydrogen) atoms. The van der Waals surface area contributed by atoms with E-state index in [9.17, 15) is 0 Å². The second-order valence-corrected chi connectivity index (χ2v) is 21.9. The number of benzene rings is 2. The zero-order chi connectivity index (χ0) is 22.1. The molecule has 0 saturated heterocycles. The minimum absolute atomic E-state index is 0.161. The van der Waals surface area contributed by atoms with Gasteiger partial charge in [0.2, 0.25) is 0 Å². The number of hydrogen-bond acceptors (Lipinski definition) is 1. The first-order chi connectivity index (χ1) is 14.5. The molecule has 0 amide bonds. The molecule has 0 fully saturated rings. The van der Waals surface area contributed by atoms with Crippen molar-refractivity contribution in [1.29, 1.82) is 0 Å². The van der Waals surface area contributed by atoms with Crippen molar-refractivity contribution in [3.63, 3.8) is 0 Å². The van der Waals surface area contributed by atoms with Crippen molar-refractivity contribution in [2.24, 2.45) is 0 Å². The van der Waals surface area contributed by atoms with E-state index in [2.05, 4.69) is 46.8 Å². The van der Waals surface area contributed by atoms with Crippen LogP contribution in [0.2, 0.25) is 13.3 Å². The topological polar surface area (TPSA) is 9.23 Å². The molecule has 0 atom stereocenters. The Morgan fingerprint density at radius 3 is 1.80 bits per heavy atom. The van der Waals surface area contributed by atoms with Crippen LogP contribution >= 0.6 is 0 Å². The van der Waals surface area contributed by atoms with Crippen LogP contribution in [0.1, 0.15) is 70.4 Å². The number of hydrogen-bond donors (Lipinski definition) is 0.